The Morgan fingerprint density at radius 2 is 1.74 bits per heavy atom. The van der Waals surface area contributed by atoms with Crippen LogP contribution in [0.1, 0.15) is 29.9 Å². The minimum atomic E-state index is -3.34. The summed E-state index contributed by atoms with van der Waals surface area (Å²) in [5, 5.41) is 11.6. The van der Waals surface area contributed by atoms with Crippen LogP contribution in [-0.4, -0.2) is 59.1 Å². The molecule has 0 spiro atoms. The number of amides is 2. The van der Waals surface area contributed by atoms with E-state index in [0.717, 1.165) is 22.3 Å². The van der Waals surface area contributed by atoms with Crippen molar-refractivity contribution < 1.29 is 33.0 Å². The molecular weight excluding hydrogens is 446 g/mol. The number of aliphatic carboxylic acids is 1. The third-order valence-corrected chi connectivity index (χ3v) is 6.09. The Balaban J connectivity index is 1.45. The van der Waals surface area contributed by atoms with Crippen LogP contribution in [0.2, 0.25) is 0 Å². The van der Waals surface area contributed by atoms with Gasteiger partial charge in [0.2, 0.25) is 5.91 Å². The van der Waals surface area contributed by atoms with E-state index in [9.17, 15) is 28.3 Å². The van der Waals surface area contributed by atoms with Gasteiger partial charge in [-0.1, -0.05) is 48.5 Å². The summed E-state index contributed by atoms with van der Waals surface area (Å²) in [6.45, 7) is -1.08. The number of hydrogen-bond donors (Lipinski definition) is 2. The fourth-order valence-corrected chi connectivity index (χ4v) is 4.57. The number of carboxylic acid groups (broad SMARTS) is 1. The molecule has 2 atom stereocenters. The molecule has 2 aliphatic rings. The summed E-state index contributed by atoms with van der Waals surface area (Å²) >= 11 is 0. The maximum absolute atomic E-state index is 13.8. The SMILES string of the molecule is C#CCC(NC(=O)OCC1c2ccccc2-c2ccccc21)C(=O)N1CC(F)(F)C[C@@H]1C(=O)O. The number of carbonyl (C=O) groups is 3. The Morgan fingerprint density at radius 1 is 1.15 bits per heavy atom. The molecule has 1 fully saturated rings. The number of carbonyl (C=O) groups excluding carboxylic acids is 2. The normalized spacial score (nSPS) is 19.0. The van der Waals surface area contributed by atoms with Crippen LogP contribution in [0.25, 0.3) is 11.1 Å². The Kier molecular flexibility index (Phi) is 6.24. The minimum Gasteiger partial charge on any atom is -0.480 e. The number of terminal acetylenes is 1. The van der Waals surface area contributed by atoms with E-state index in [1.807, 2.05) is 48.5 Å². The van der Waals surface area contributed by atoms with Gasteiger partial charge >= 0.3 is 12.1 Å². The van der Waals surface area contributed by atoms with Crippen molar-refractivity contribution >= 4 is 18.0 Å². The van der Waals surface area contributed by atoms with E-state index in [0.29, 0.717) is 4.90 Å². The Bertz CT molecular complexity index is 1130. The predicted octanol–water partition coefficient (Wildman–Crippen LogP) is 3.24. The molecule has 0 saturated carbocycles. The van der Waals surface area contributed by atoms with Crippen LogP contribution in [0.3, 0.4) is 0 Å². The van der Waals surface area contributed by atoms with E-state index >= 15 is 0 Å². The number of alkyl carbamates (subject to hydrolysis) is 1. The lowest BCUT2D eigenvalue weighted by Gasteiger charge is -2.26. The number of alkyl halides is 2. The molecule has 0 radical (unpaired) electrons. The van der Waals surface area contributed by atoms with Gasteiger partial charge in [-0.25, -0.2) is 18.4 Å². The molecule has 7 nitrogen and oxygen atoms in total. The van der Waals surface area contributed by atoms with Gasteiger partial charge < -0.3 is 20.1 Å². The third kappa shape index (κ3) is 4.44. The van der Waals surface area contributed by atoms with Gasteiger partial charge in [-0.2, -0.15) is 0 Å². The van der Waals surface area contributed by atoms with E-state index in [4.69, 9.17) is 11.2 Å². The van der Waals surface area contributed by atoms with E-state index in [-0.39, 0.29) is 18.9 Å². The quantitative estimate of drug-likeness (QED) is 0.635. The molecule has 2 aromatic carbocycles. The van der Waals surface area contributed by atoms with Gasteiger partial charge in [0, 0.05) is 18.8 Å². The molecule has 1 aliphatic carbocycles. The van der Waals surface area contributed by atoms with Crippen LogP contribution in [0, 0.1) is 12.3 Å². The summed E-state index contributed by atoms with van der Waals surface area (Å²) in [5.41, 5.74) is 4.08. The van der Waals surface area contributed by atoms with Crippen molar-refractivity contribution in [3.8, 4) is 23.5 Å². The maximum Gasteiger partial charge on any atom is 0.407 e. The van der Waals surface area contributed by atoms with Crippen molar-refractivity contribution in [2.75, 3.05) is 13.2 Å². The molecule has 176 valence electrons. The monoisotopic (exact) mass is 468 g/mol. The highest BCUT2D eigenvalue weighted by Crippen LogP contribution is 2.44. The number of halogens is 2. The first kappa shape index (κ1) is 23.2. The van der Waals surface area contributed by atoms with Crippen LogP contribution < -0.4 is 5.32 Å². The molecular formula is C25H22F2N2O5. The maximum atomic E-state index is 13.8. The number of rotatable bonds is 6. The van der Waals surface area contributed by atoms with Crippen LogP contribution >= 0.6 is 0 Å². The lowest BCUT2D eigenvalue weighted by molar-refractivity contribution is -0.148. The largest absolute Gasteiger partial charge is 0.480 e. The summed E-state index contributed by atoms with van der Waals surface area (Å²) in [6, 6.07) is 12.4. The summed E-state index contributed by atoms with van der Waals surface area (Å²) in [6.07, 6.45) is 3.03. The molecule has 2 N–H and O–H groups in total. The summed E-state index contributed by atoms with van der Waals surface area (Å²) < 4.78 is 33.0. The smallest absolute Gasteiger partial charge is 0.407 e. The molecule has 0 aromatic heterocycles. The van der Waals surface area contributed by atoms with Crippen LogP contribution in [0.15, 0.2) is 48.5 Å². The first-order valence-electron chi connectivity index (χ1n) is 10.7. The Labute approximate surface area is 194 Å². The fourth-order valence-electron chi connectivity index (χ4n) is 4.57. The van der Waals surface area contributed by atoms with E-state index in [1.54, 1.807) is 0 Å². The van der Waals surface area contributed by atoms with Gasteiger partial charge in [0.1, 0.15) is 18.7 Å². The van der Waals surface area contributed by atoms with Gasteiger partial charge in [-0.15, -0.1) is 12.3 Å². The molecule has 2 amide bonds. The summed E-state index contributed by atoms with van der Waals surface area (Å²) in [7, 11) is 0. The highest BCUT2D eigenvalue weighted by molar-refractivity contribution is 5.90. The van der Waals surface area contributed by atoms with E-state index < -0.39 is 48.9 Å². The average molecular weight is 468 g/mol. The van der Waals surface area contributed by atoms with Gasteiger partial charge in [0.25, 0.3) is 5.92 Å². The lowest BCUT2D eigenvalue weighted by Crippen LogP contribution is -2.52. The molecule has 9 heteroatoms. The molecule has 1 saturated heterocycles. The first-order chi connectivity index (χ1) is 16.2. The average Bonchev–Trinajstić information content (AvgIpc) is 3.31. The van der Waals surface area contributed by atoms with E-state index in [2.05, 4.69) is 11.2 Å². The molecule has 0 bridgehead atoms. The molecule has 34 heavy (non-hydrogen) atoms. The zero-order chi connectivity index (χ0) is 24.5. The van der Waals surface area contributed by atoms with Crippen LogP contribution in [-0.2, 0) is 14.3 Å². The number of ether oxygens (including phenoxy) is 1. The van der Waals surface area contributed by atoms with Gasteiger partial charge in [0.05, 0.1) is 6.54 Å². The number of hydrogen-bond acceptors (Lipinski definition) is 4. The fraction of sp³-hybridized carbons (Fsp3) is 0.320. The molecule has 2 aromatic rings. The second-order valence-electron chi connectivity index (χ2n) is 8.31. The second kappa shape index (κ2) is 9.14. The van der Waals surface area contributed by atoms with Crippen molar-refractivity contribution in [2.24, 2.45) is 0 Å². The molecule has 1 aliphatic heterocycles. The highest BCUT2D eigenvalue weighted by Gasteiger charge is 2.51. The van der Waals surface area contributed by atoms with Crippen LogP contribution in [0.4, 0.5) is 13.6 Å². The van der Waals surface area contributed by atoms with Crippen molar-refractivity contribution in [1.29, 1.82) is 0 Å². The second-order valence-corrected chi connectivity index (χ2v) is 8.31. The number of likely N-dealkylation sites (tertiary alicyclic amines) is 1. The zero-order valence-corrected chi connectivity index (χ0v) is 18.0. The molecule has 1 unspecified atom stereocenters. The Morgan fingerprint density at radius 3 is 2.29 bits per heavy atom. The van der Waals surface area contributed by atoms with Crippen molar-refractivity contribution in [3.05, 3.63) is 59.7 Å². The van der Waals surface area contributed by atoms with Crippen molar-refractivity contribution in [2.45, 2.75) is 36.8 Å². The first-order valence-corrected chi connectivity index (χ1v) is 10.7. The Hall–Kier alpha value is -3.93. The van der Waals surface area contributed by atoms with Crippen LogP contribution in [0.5, 0.6) is 0 Å². The van der Waals surface area contributed by atoms with Crippen molar-refractivity contribution in [1.82, 2.24) is 10.2 Å². The number of nitrogens with one attached hydrogen (secondary N) is 1. The lowest BCUT2D eigenvalue weighted by atomic mass is 9.98. The zero-order valence-electron chi connectivity index (χ0n) is 18.0. The van der Waals surface area contributed by atoms with Crippen molar-refractivity contribution in [3.63, 3.8) is 0 Å². The minimum absolute atomic E-state index is 0.0175. The standard InChI is InChI=1S/C25H22F2N2O5/c1-2-7-20(22(30)29-14-25(26,27)12-21(29)23(31)32)28-24(33)34-13-19-17-10-5-3-8-15(17)16-9-4-6-11-18(16)19/h1,3-6,8-11,19-21H,7,12-14H2,(H,28,33)(H,31,32)/t20?,21-/m1/s1. The van der Waals surface area contributed by atoms with Gasteiger partial charge in [0.15, 0.2) is 0 Å². The third-order valence-electron chi connectivity index (χ3n) is 6.09. The summed E-state index contributed by atoms with van der Waals surface area (Å²) in [4.78, 5) is 37.3. The van der Waals surface area contributed by atoms with E-state index in [1.165, 1.54) is 0 Å². The molecule has 1 heterocycles. The predicted molar refractivity (Wildman–Crippen MR) is 118 cm³/mol. The highest BCUT2D eigenvalue weighted by atomic mass is 19.3. The van der Waals surface area contributed by atoms with Gasteiger partial charge in [-0.3, -0.25) is 4.79 Å². The topological polar surface area (TPSA) is 95.9 Å². The number of carboxylic acids is 1. The number of fused-ring (bicyclic) bond motifs is 3. The number of nitrogens with zero attached hydrogens (tertiary/aromatic N) is 1. The molecule has 4 rings (SSSR count). The summed E-state index contributed by atoms with van der Waals surface area (Å²) in [5.74, 6) is -3.89. The number of benzene rings is 2. The van der Waals surface area contributed by atoms with Gasteiger partial charge in [-0.05, 0) is 22.3 Å².